The van der Waals surface area contributed by atoms with Crippen LogP contribution in [-0.2, 0) is 13.1 Å². The van der Waals surface area contributed by atoms with Gasteiger partial charge in [0.1, 0.15) is 11.6 Å². The minimum atomic E-state index is -0.184. The molecule has 0 spiro atoms. The summed E-state index contributed by atoms with van der Waals surface area (Å²) >= 11 is 0. The van der Waals surface area contributed by atoms with Crippen molar-refractivity contribution in [3.63, 3.8) is 0 Å². The van der Waals surface area contributed by atoms with E-state index >= 15 is 0 Å². The van der Waals surface area contributed by atoms with Crippen molar-refractivity contribution in [2.75, 3.05) is 25.5 Å². The lowest BCUT2D eigenvalue weighted by atomic mass is 10.1. The van der Waals surface area contributed by atoms with Gasteiger partial charge in [0, 0.05) is 12.2 Å². The first-order valence-corrected chi connectivity index (χ1v) is 11.4. The van der Waals surface area contributed by atoms with Crippen molar-refractivity contribution in [3.05, 3.63) is 53.9 Å². The van der Waals surface area contributed by atoms with Crippen molar-refractivity contribution >= 4 is 22.6 Å². The summed E-state index contributed by atoms with van der Waals surface area (Å²) < 4.78 is 7.68. The maximum Gasteiger partial charge on any atom is 0.259 e. The van der Waals surface area contributed by atoms with Crippen molar-refractivity contribution in [2.45, 2.75) is 52.1 Å². The van der Waals surface area contributed by atoms with Crippen LogP contribution in [0.2, 0.25) is 0 Å². The molecule has 1 amide bonds. The minimum Gasteiger partial charge on any atom is -0.496 e. The molecule has 6 heteroatoms. The lowest BCUT2D eigenvalue weighted by Gasteiger charge is -2.26. The number of piperidine rings is 1. The van der Waals surface area contributed by atoms with E-state index in [1.807, 2.05) is 24.3 Å². The summed E-state index contributed by atoms with van der Waals surface area (Å²) in [5.41, 5.74) is 3.33. The largest absolute Gasteiger partial charge is 0.496 e. The number of nitrogens with zero attached hydrogens (tertiary/aromatic N) is 3. The van der Waals surface area contributed by atoms with E-state index in [-0.39, 0.29) is 5.91 Å². The van der Waals surface area contributed by atoms with Gasteiger partial charge in [-0.2, -0.15) is 0 Å². The van der Waals surface area contributed by atoms with Crippen molar-refractivity contribution in [3.8, 4) is 5.75 Å². The summed E-state index contributed by atoms with van der Waals surface area (Å²) in [5.74, 6) is 1.50. The number of likely N-dealkylation sites (tertiary alicyclic amines) is 1. The van der Waals surface area contributed by atoms with Gasteiger partial charge in [-0.3, -0.25) is 9.69 Å². The highest BCUT2D eigenvalue weighted by molar-refractivity contribution is 6.06. The minimum absolute atomic E-state index is 0.184. The van der Waals surface area contributed by atoms with Crippen LogP contribution in [-0.4, -0.2) is 40.6 Å². The number of para-hydroxylation sites is 1. The number of ether oxygens (including phenoxy) is 1. The molecule has 0 saturated carbocycles. The maximum atomic E-state index is 12.8. The number of nitrogens with one attached hydrogen (secondary N) is 1. The van der Waals surface area contributed by atoms with Crippen LogP contribution in [0, 0.1) is 0 Å². The summed E-state index contributed by atoms with van der Waals surface area (Å²) in [6.45, 7) is 6.38. The molecule has 0 atom stereocenters. The van der Waals surface area contributed by atoms with Crippen LogP contribution in [0.4, 0.5) is 5.69 Å². The second-order valence-electron chi connectivity index (χ2n) is 8.23. The van der Waals surface area contributed by atoms with E-state index in [1.54, 1.807) is 19.2 Å². The van der Waals surface area contributed by atoms with Crippen LogP contribution < -0.4 is 10.1 Å². The molecular formula is C25H32N4O2. The van der Waals surface area contributed by atoms with Crippen LogP contribution in [0.5, 0.6) is 5.75 Å². The molecule has 6 nitrogen and oxygen atoms in total. The Kier molecular flexibility index (Phi) is 6.87. The molecule has 3 aromatic rings. The standard InChI is InChI=1S/C25H32N4O2/c1-3-4-16-29-22-13-12-19(26-25(30)20-10-6-7-11-23(20)31-2)17-21(22)27-24(29)18-28-14-8-5-9-15-28/h6-7,10-13,17H,3-5,8-9,14-16,18H2,1-2H3,(H,26,30). The van der Waals surface area contributed by atoms with Gasteiger partial charge in [0.2, 0.25) is 0 Å². The average Bonchev–Trinajstić information content (AvgIpc) is 3.14. The number of aromatic nitrogens is 2. The van der Waals surface area contributed by atoms with E-state index < -0.39 is 0 Å². The zero-order valence-corrected chi connectivity index (χ0v) is 18.6. The summed E-state index contributed by atoms with van der Waals surface area (Å²) in [5, 5.41) is 3.00. The number of benzene rings is 2. The van der Waals surface area contributed by atoms with Gasteiger partial charge in [-0.25, -0.2) is 4.98 Å². The van der Waals surface area contributed by atoms with E-state index in [1.165, 1.54) is 19.3 Å². The smallest absolute Gasteiger partial charge is 0.259 e. The van der Waals surface area contributed by atoms with Crippen LogP contribution in [0.1, 0.15) is 55.2 Å². The van der Waals surface area contributed by atoms with E-state index in [0.29, 0.717) is 11.3 Å². The molecule has 0 bridgehead atoms. The zero-order chi connectivity index (χ0) is 21.6. The Labute approximate surface area is 184 Å². The second kappa shape index (κ2) is 9.96. The molecule has 0 aliphatic carbocycles. The summed E-state index contributed by atoms with van der Waals surface area (Å²) in [6.07, 6.45) is 6.15. The van der Waals surface area contributed by atoms with Gasteiger partial charge in [-0.1, -0.05) is 31.9 Å². The number of carbonyl (C=O) groups excluding carboxylic acids is 1. The molecule has 1 saturated heterocycles. The Bertz CT molecular complexity index is 1040. The fourth-order valence-electron chi connectivity index (χ4n) is 4.29. The molecule has 164 valence electrons. The van der Waals surface area contributed by atoms with Gasteiger partial charge in [0.15, 0.2) is 0 Å². The number of carbonyl (C=O) groups is 1. The summed E-state index contributed by atoms with van der Waals surface area (Å²) in [7, 11) is 1.57. The van der Waals surface area contributed by atoms with Gasteiger partial charge in [-0.05, 0) is 62.7 Å². The van der Waals surface area contributed by atoms with Gasteiger partial charge in [0.05, 0.1) is 30.3 Å². The van der Waals surface area contributed by atoms with E-state index in [0.717, 1.165) is 61.6 Å². The highest BCUT2D eigenvalue weighted by atomic mass is 16.5. The lowest BCUT2D eigenvalue weighted by molar-refractivity contribution is 0.102. The molecule has 2 heterocycles. The third-order valence-corrected chi connectivity index (χ3v) is 5.99. The number of amides is 1. The normalized spacial score (nSPS) is 14.6. The monoisotopic (exact) mass is 420 g/mol. The topological polar surface area (TPSA) is 59.4 Å². The number of unbranched alkanes of at least 4 members (excludes halogenated alkanes) is 1. The Hall–Kier alpha value is -2.86. The molecule has 0 unspecified atom stereocenters. The predicted molar refractivity (Wildman–Crippen MR) is 125 cm³/mol. The number of aryl methyl sites for hydroxylation is 1. The molecule has 2 aromatic carbocycles. The van der Waals surface area contributed by atoms with Crippen LogP contribution >= 0.6 is 0 Å². The number of anilines is 1. The Morgan fingerprint density at radius 1 is 1.13 bits per heavy atom. The van der Waals surface area contributed by atoms with Gasteiger partial charge >= 0.3 is 0 Å². The molecule has 1 aromatic heterocycles. The Morgan fingerprint density at radius 2 is 1.94 bits per heavy atom. The van der Waals surface area contributed by atoms with E-state index in [9.17, 15) is 4.79 Å². The fourth-order valence-corrected chi connectivity index (χ4v) is 4.29. The molecule has 4 rings (SSSR count). The molecule has 1 fully saturated rings. The first-order chi connectivity index (χ1) is 15.2. The number of rotatable bonds is 8. The van der Waals surface area contributed by atoms with Crippen molar-refractivity contribution < 1.29 is 9.53 Å². The van der Waals surface area contributed by atoms with Crippen molar-refractivity contribution in [1.29, 1.82) is 0 Å². The summed E-state index contributed by atoms with van der Waals surface area (Å²) in [4.78, 5) is 20.3. The van der Waals surface area contributed by atoms with E-state index in [2.05, 4.69) is 27.8 Å². The Morgan fingerprint density at radius 3 is 2.71 bits per heavy atom. The molecule has 1 aliphatic heterocycles. The van der Waals surface area contributed by atoms with Gasteiger partial charge in [0.25, 0.3) is 5.91 Å². The lowest BCUT2D eigenvalue weighted by Crippen LogP contribution is -2.30. The predicted octanol–water partition coefficient (Wildman–Crippen LogP) is 5.08. The molecule has 1 N–H and O–H groups in total. The van der Waals surface area contributed by atoms with Gasteiger partial charge < -0.3 is 14.6 Å². The molecule has 1 aliphatic rings. The van der Waals surface area contributed by atoms with Crippen LogP contribution in [0.15, 0.2) is 42.5 Å². The maximum absolute atomic E-state index is 12.8. The molecule has 0 radical (unpaired) electrons. The second-order valence-corrected chi connectivity index (χ2v) is 8.23. The van der Waals surface area contributed by atoms with Crippen LogP contribution in [0.3, 0.4) is 0 Å². The highest BCUT2D eigenvalue weighted by Crippen LogP contribution is 2.25. The number of hydrogen-bond acceptors (Lipinski definition) is 4. The molecular weight excluding hydrogens is 388 g/mol. The zero-order valence-electron chi connectivity index (χ0n) is 18.6. The quantitative estimate of drug-likeness (QED) is 0.552. The third kappa shape index (κ3) is 4.90. The summed E-state index contributed by atoms with van der Waals surface area (Å²) in [6, 6.07) is 13.3. The van der Waals surface area contributed by atoms with Crippen molar-refractivity contribution in [1.82, 2.24) is 14.5 Å². The Balaban J connectivity index is 1.59. The fraction of sp³-hybridized carbons (Fsp3) is 0.440. The third-order valence-electron chi connectivity index (χ3n) is 5.99. The van der Waals surface area contributed by atoms with E-state index in [4.69, 9.17) is 9.72 Å². The number of methoxy groups -OCH3 is 1. The number of fused-ring (bicyclic) bond motifs is 1. The number of imidazole rings is 1. The first kappa shape index (κ1) is 21.4. The van der Waals surface area contributed by atoms with Gasteiger partial charge in [-0.15, -0.1) is 0 Å². The van der Waals surface area contributed by atoms with Crippen LogP contribution in [0.25, 0.3) is 11.0 Å². The first-order valence-electron chi connectivity index (χ1n) is 11.4. The SMILES string of the molecule is CCCCn1c(CN2CCCCC2)nc2cc(NC(=O)c3ccccc3OC)ccc21. The van der Waals surface area contributed by atoms with Crippen molar-refractivity contribution in [2.24, 2.45) is 0 Å². The average molecular weight is 421 g/mol. The molecule has 31 heavy (non-hydrogen) atoms. The highest BCUT2D eigenvalue weighted by Gasteiger charge is 2.17. The number of hydrogen-bond donors (Lipinski definition) is 1.